The van der Waals surface area contributed by atoms with E-state index in [9.17, 15) is 0 Å². The third-order valence-corrected chi connectivity index (χ3v) is 9.73. The molecule has 0 saturated heterocycles. The van der Waals surface area contributed by atoms with E-state index in [2.05, 4.69) is 61.7 Å². The first-order chi connectivity index (χ1) is 7.18. The number of hydrogen-bond donors (Lipinski definition) is 0. The van der Waals surface area contributed by atoms with Gasteiger partial charge in [0.15, 0.2) is 0 Å². The lowest BCUT2D eigenvalue weighted by molar-refractivity contribution is 1.37. The van der Waals surface area contributed by atoms with Gasteiger partial charge in [-0.3, -0.25) is 0 Å². The van der Waals surface area contributed by atoms with Gasteiger partial charge in [-0.15, -0.1) is 0 Å². The van der Waals surface area contributed by atoms with Crippen LogP contribution < -0.4 is 5.30 Å². The molecule has 0 spiro atoms. The molecule has 15 heavy (non-hydrogen) atoms. The monoisotopic (exact) mass is 232 g/mol. The van der Waals surface area contributed by atoms with Gasteiger partial charge < -0.3 is 0 Å². The fourth-order valence-corrected chi connectivity index (χ4v) is 7.96. The van der Waals surface area contributed by atoms with Gasteiger partial charge in [-0.05, 0) is 11.7 Å². The van der Waals surface area contributed by atoms with E-state index in [0.29, 0.717) is 0 Å². The summed E-state index contributed by atoms with van der Waals surface area (Å²) < 4.78 is 0. The molecule has 0 aromatic heterocycles. The third-order valence-electron chi connectivity index (χ3n) is 2.80. The highest BCUT2D eigenvalue weighted by Gasteiger charge is 2.26. The fraction of sp³-hybridized carbons (Fsp3) is 0.231. The third kappa shape index (κ3) is 2.67. The van der Waals surface area contributed by atoms with Crippen LogP contribution in [-0.2, 0) is 0 Å². The first-order valence-corrected chi connectivity index (χ1v) is 10.4. The van der Waals surface area contributed by atoms with Crippen molar-refractivity contribution in [2.45, 2.75) is 19.5 Å². The van der Waals surface area contributed by atoms with Crippen molar-refractivity contribution in [3.05, 3.63) is 53.8 Å². The largest absolute Gasteiger partial charge is 0.104 e. The molecular weight excluding hydrogens is 215 g/mol. The second kappa shape index (κ2) is 4.47. The van der Waals surface area contributed by atoms with Crippen LogP contribution in [0.15, 0.2) is 53.8 Å². The van der Waals surface area contributed by atoms with E-state index in [0.717, 1.165) is 8.13 Å². The normalized spacial score (nSPS) is 16.3. The Hall–Kier alpha value is -0.653. The lowest BCUT2D eigenvalue weighted by atomic mass is 10.4. The van der Waals surface area contributed by atoms with Crippen LogP contribution in [0.5, 0.6) is 0 Å². The highest BCUT2D eigenvalue weighted by atomic mass is 31.3. The molecule has 1 aliphatic carbocycles. The van der Waals surface area contributed by atoms with Crippen LogP contribution in [0.1, 0.15) is 6.42 Å². The minimum atomic E-state index is -1.18. The average molecular weight is 232 g/mol. The summed E-state index contributed by atoms with van der Waals surface area (Å²) in [6.45, 7) is 4.97. The minimum Gasteiger partial charge on any atom is -0.0978 e. The Labute approximate surface area is 94.7 Å². The van der Waals surface area contributed by atoms with E-state index in [-0.39, 0.29) is 0 Å². The smallest absolute Gasteiger partial charge is 0.0978 e. The minimum absolute atomic E-state index is 0.996. The predicted molar refractivity (Wildman–Crippen MR) is 73.7 cm³/mol. The summed E-state index contributed by atoms with van der Waals surface area (Å²) in [6, 6.07) is 10.9. The highest BCUT2D eigenvalue weighted by Crippen LogP contribution is 2.36. The average Bonchev–Trinajstić information content (AvgIpc) is 2.71. The van der Waals surface area contributed by atoms with Gasteiger partial charge in [-0.2, -0.15) is 0 Å². The van der Waals surface area contributed by atoms with Gasteiger partial charge in [0.05, 0.1) is 0 Å². The van der Waals surface area contributed by atoms with Gasteiger partial charge in [0, 0.05) is 0 Å². The zero-order valence-corrected chi connectivity index (χ0v) is 11.3. The molecule has 0 N–H and O–H groups in total. The number of allylic oxidation sites excluding steroid dienone is 4. The summed E-state index contributed by atoms with van der Waals surface area (Å²) in [5.74, 6) is 0. The van der Waals surface area contributed by atoms with Gasteiger partial charge in [0.1, 0.15) is 7.74 Å². The second-order valence-electron chi connectivity index (χ2n) is 4.44. The molecule has 2 heteroatoms. The lowest BCUT2D eigenvalue weighted by Crippen LogP contribution is -2.25. The summed E-state index contributed by atoms with van der Waals surface area (Å²) in [7, 11) is -0.189. The molecule has 0 nitrogen and oxygen atoms in total. The second-order valence-corrected chi connectivity index (χ2v) is 13.7. The molecule has 1 aliphatic rings. The Kier molecular flexibility index (Phi) is 3.23. The van der Waals surface area contributed by atoms with Crippen molar-refractivity contribution in [2.75, 3.05) is 0 Å². The number of hydrogen-bond acceptors (Lipinski definition) is 0. The van der Waals surface area contributed by atoms with Gasteiger partial charge in [-0.1, -0.05) is 75.0 Å². The van der Waals surface area contributed by atoms with Crippen LogP contribution in [0.3, 0.4) is 0 Å². The standard InChI is InChI=1S/C13H17PSi/c1-15(2,13-10-6-7-11-13)14-12-8-4-3-5-9-12/h3-10,14H,11H2,1-2H3. The van der Waals surface area contributed by atoms with Crippen molar-refractivity contribution in [1.29, 1.82) is 0 Å². The zero-order valence-electron chi connectivity index (χ0n) is 9.33. The van der Waals surface area contributed by atoms with E-state index < -0.39 is 7.74 Å². The molecule has 0 saturated carbocycles. The molecular formula is C13H17PSi. The van der Waals surface area contributed by atoms with Crippen molar-refractivity contribution in [3.63, 3.8) is 0 Å². The Bertz CT molecular complexity index is 390. The maximum absolute atomic E-state index is 2.48. The number of benzene rings is 1. The molecule has 1 aromatic rings. The van der Waals surface area contributed by atoms with Gasteiger partial charge in [0.2, 0.25) is 0 Å². The summed E-state index contributed by atoms with van der Waals surface area (Å²) in [4.78, 5) is 0. The molecule has 78 valence electrons. The van der Waals surface area contributed by atoms with Crippen LogP contribution >= 0.6 is 8.13 Å². The van der Waals surface area contributed by atoms with E-state index in [4.69, 9.17) is 0 Å². The first kappa shape index (κ1) is 10.9. The van der Waals surface area contributed by atoms with Gasteiger partial charge in [0.25, 0.3) is 0 Å². The highest BCUT2D eigenvalue weighted by molar-refractivity contribution is 7.88. The van der Waals surface area contributed by atoms with E-state index in [1.165, 1.54) is 11.7 Å². The Morgan fingerprint density at radius 3 is 2.47 bits per heavy atom. The topological polar surface area (TPSA) is 0 Å². The van der Waals surface area contributed by atoms with Crippen LogP contribution in [0.25, 0.3) is 0 Å². The van der Waals surface area contributed by atoms with Crippen molar-refractivity contribution < 1.29 is 0 Å². The maximum atomic E-state index is 2.48. The fourth-order valence-electron chi connectivity index (χ4n) is 1.87. The molecule has 1 aromatic carbocycles. The molecule has 0 aliphatic heterocycles. The predicted octanol–water partition coefficient (Wildman–Crippen LogP) is 3.62. The summed E-state index contributed by atoms with van der Waals surface area (Å²) >= 11 is 0. The first-order valence-electron chi connectivity index (χ1n) is 5.38. The van der Waals surface area contributed by atoms with Crippen molar-refractivity contribution in [2.24, 2.45) is 0 Å². The van der Waals surface area contributed by atoms with E-state index in [1.807, 2.05) is 0 Å². The summed E-state index contributed by atoms with van der Waals surface area (Å²) in [6.07, 6.45) is 8.01. The zero-order chi connectivity index (χ0) is 10.7. The summed E-state index contributed by atoms with van der Waals surface area (Å²) in [5.41, 5.74) is 0. The molecule has 2 rings (SSSR count). The number of rotatable bonds is 3. The Balaban J connectivity index is 2.11. The molecule has 0 bridgehead atoms. The molecule has 0 amide bonds. The summed E-state index contributed by atoms with van der Waals surface area (Å²) in [5, 5.41) is 3.21. The lowest BCUT2D eigenvalue weighted by Gasteiger charge is -2.24. The molecule has 1 atom stereocenters. The van der Waals surface area contributed by atoms with Crippen LogP contribution in [0, 0.1) is 0 Å². The Morgan fingerprint density at radius 2 is 1.87 bits per heavy atom. The SMILES string of the molecule is C[Si](C)(Pc1ccccc1)C1=CC=CC1. The quantitative estimate of drug-likeness (QED) is 0.551. The van der Waals surface area contributed by atoms with Crippen molar-refractivity contribution in [3.8, 4) is 0 Å². The maximum Gasteiger partial charge on any atom is 0.104 e. The van der Waals surface area contributed by atoms with Crippen molar-refractivity contribution in [1.82, 2.24) is 0 Å². The van der Waals surface area contributed by atoms with Crippen molar-refractivity contribution >= 4 is 21.2 Å². The van der Waals surface area contributed by atoms with E-state index in [1.54, 1.807) is 5.20 Å². The van der Waals surface area contributed by atoms with Gasteiger partial charge in [-0.25, -0.2) is 0 Å². The Morgan fingerprint density at radius 1 is 1.13 bits per heavy atom. The molecule has 0 radical (unpaired) electrons. The molecule has 0 fully saturated rings. The van der Waals surface area contributed by atoms with Crippen LogP contribution in [0.2, 0.25) is 13.1 Å². The van der Waals surface area contributed by atoms with Crippen LogP contribution in [0.4, 0.5) is 0 Å². The molecule has 1 unspecified atom stereocenters. The van der Waals surface area contributed by atoms with Gasteiger partial charge >= 0.3 is 0 Å². The molecule has 0 heterocycles. The van der Waals surface area contributed by atoms with Crippen LogP contribution in [-0.4, -0.2) is 7.74 Å². The van der Waals surface area contributed by atoms with E-state index >= 15 is 0 Å².